The quantitative estimate of drug-likeness (QED) is 0.467. The SMILES string of the molecule is O=C(O)C(F)(F)F.O=[SH]N(CC1CCC(C(F)(F)F)CC1)C1CC2(CNC2)C1. The van der Waals surface area contributed by atoms with Crippen molar-refractivity contribution >= 4 is 17.8 Å². The highest BCUT2D eigenvalue weighted by atomic mass is 32.2. The third kappa shape index (κ3) is 6.06. The van der Waals surface area contributed by atoms with Crippen LogP contribution in [0.3, 0.4) is 0 Å². The Bertz CT molecular complexity index is 552. The molecule has 0 bridgehead atoms. The molecule has 5 nitrogen and oxygen atoms in total. The van der Waals surface area contributed by atoms with Gasteiger partial charge in [0.25, 0.3) is 0 Å². The summed E-state index contributed by atoms with van der Waals surface area (Å²) in [5.41, 5.74) is 0.432. The minimum absolute atomic E-state index is 0.0334. The van der Waals surface area contributed by atoms with Crippen LogP contribution in [0.15, 0.2) is 0 Å². The van der Waals surface area contributed by atoms with E-state index in [9.17, 15) is 30.6 Å². The van der Waals surface area contributed by atoms with Crippen LogP contribution in [-0.2, 0) is 16.6 Å². The maximum atomic E-state index is 12.7. The van der Waals surface area contributed by atoms with E-state index in [1.807, 2.05) is 4.31 Å². The van der Waals surface area contributed by atoms with Crippen LogP contribution < -0.4 is 5.32 Å². The summed E-state index contributed by atoms with van der Waals surface area (Å²) < 4.78 is 83.0. The lowest BCUT2D eigenvalue weighted by Crippen LogP contribution is -2.65. The van der Waals surface area contributed by atoms with Crippen molar-refractivity contribution in [2.45, 2.75) is 56.9 Å². The van der Waals surface area contributed by atoms with Crippen LogP contribution in [0.4, 0.5) is 26.3 Å². The number of hydrogen-bond acceptors (Lipinski definition) is 3. The fourth-order valence-electron chi connectivity index (χ4n) is 4.10. The van der Waals surface area contributed by atoms with Crippen molar-refractivity contribution in [2.75, 3.05) is 19.6 Å². The third-order valence-corrected chi connectivity index (χ3v) is 6.56. The number of nitrogens with zero attached hydrogens (tertiary/aromatic N) is 1. The summed E-state index contributed by atoms with van der Waals surface area (Å²) in [5.74, 6) is -3.62. The van der Waals surface area contributed by atoms with Gasteiger partial charge in [0.2, 0.25) is 0 Å². The predicted octanol–water partition coefficient (Wildman–Crippen LogP) is 2.90. The number of halogens is 6. The number of rotatable bonds is 4. The molecule has 28 heavy (non-hydrogen) atoms. The molecule has 2 aliphatic carbocycles. The van der Waals surface area contributed by atoms with Crippen LogP contribution in [0.2, 0.25) is 0 Å². The Morgan fingerprint density at radius 2 is 1.57 bits per heavy atom. The lowest BCUT2D eigenvalue weighted by Gasteiger charge is -2.56. The van der Waals surface area contributed by atoms with E-state index in [0.29, 0.717) is 30.8 Å². The molecular formula is C16H24F6N2O3S. The zero-order chi connectivity index (χ0) is 21.2. The molecule has 0 atom stereocenters. The highest BCUT2D eigenvalue weighted by Crippen LogP contribution is 2.47. The van der Waals surface area contributed by atoms with E-state index in [4.69, 9.17) is 9.90 Å². The molecular weight excluding hydrogens is 414 g/mol. The van der Waals surface area contributed by atoms with Crippen LogP contribution in [-0.4, -0.2) is 57.6 Å². The van der Waals surface area contributed by atoms with Gasteiger partial charge in [-0.05, 0) is 49.9 Å². The maximum absolute atomic E-state index is 12.7. The Kier molecular flexibility index (Phi) is 7.41. The molecule has 1 spiro atoms. The number of carboxylic acids is 1. The number of carbonyl (C=O) groups is 1. The molecule has 2 saturated carbocycles. The fourth-order valence-corrected chi connectivity index (χ4v) is 4.70. The van der Waals surface area contributed by atoms with Gasteiger partial charge in [0, 0.05) is 25.7 Å². The second-order valence-electron chi connectivity index (χ2n) is 7.93. The first kappa shape index (κ1) is 23.4. The first-order chi connectivity index (χ1) is 12.9. The largest absolute Gasteiger partial charge is 0.490 e. The van der Waals surface area contributed by atoms with Crippen LogP contribution in [0.1, 0.15) is 38.5 Å². The van der Waals surface area contributed by atoms with Crippen LogP contribution in [0, 0.1) is 17.3 Å². The first-order valence-corrected chi connectivity index (χ1v) is 9.80. The van der Waals surface area contributed by atoms with Gasteiger partial charge in [0.1, 0.15) is 0 Å². The number of thiol groups is 1. The Labute approximate surface area is 162 Å². The van der Waals surface area contributed by atoms with Gasteiger partial charge in [-0.1, -0.05) is 0 Å². The molecule has 1 heterocycles. The number of hydrogen-bond donors (Lipinski definition) is 3. The molecule has 1 aliphatic heterocycles. The minimum Gasteiger partial charge on any atom is -0.475 e. The van der Waals surface area contributed by atoms with Crippen LogP contribution in [0.5, 0.6) is 0 Å². The van der Waals surface area contributed by atoms with Gasteiger partial charge in [-0.2, -0.15) is 26.3 Å². The smallest absolute Gasteiger partial charge is 0.475 e. The molecule has 2 N–H and O–H groups in total. The highest BCUT2D eigenvalue weighted by Gasteiger charge is 2.50. The molecule has 3 fully saturated rings. The van der Waals surface area contributed by atoms with Crippen LogP contribution in [0.25, 0.3) is 0 Å². The summed E-state index contributed by atoms with van der Waals surface area (Å²) >= 11 is 0.0334. The van der Waals surface area contributed by atoms with Crippen LogP contribution >= 0.6 is 0 Å². The Morgan fingerprint density at radius 1 is 1.07 bits per heavy atom. The molecule has 0 amide bonds. The molecule has 0 aromatic rings. The predicted molar refractivity (Wildman–Crippen MR) is 89.8 cm³/mol. The molecule has 0 unspecified atom stereocenters. The minimum atomic E-state index is -5.08. The van der Waals surface area contributed by atoms with Crippen molar-refractivity contribution in [3.63, 3.8) is 0 Å². The topological polar surface area (TPSA) is 69.6 Å². The van der Waals surface area contributed by atoms with Gasteiger partial charge in [-0.3, -0.25) is 0 Å². The average molecular weight is 438 g/mol. The fraction of sp³-hybridized carbons (Fsp3) is 0.938. The van der Waals surface area contributed by atoms with Gasteiger partial charge in [0.05, 0.1) is 17.8 Å². The van der Waals surface area contributed by atoms with Gasteiger partial charge in [-0.25, -0.2) is 13.3 Å². The van der Waals surface area contributed by atoms with Gasteiger partial charge < -0.3 is 10.4 Å². The zero-order valence-electron chi connectivity index (χ0n) is 15.0. The van der Waals surface area contributed by atoms with Crippen molar-refractivity contribution in [1.82, 2.24) is 9.62 Å². The lowest BCUT2D eigenvalue weighted by molar-refractivity contribution is -0.192. The van der Waals surface area contributed by atoms with Crippen molar-refractivity contribution < 1.29 is 40.5 Å². The first-order valence-electron chi connectivity index (χ1n) is 9.04. The van der Waals surface area contributed by atoms with E-state index in [1.54, 1.807) is 0 Å². The summed E-state index contributed by atoms with van der Waals surface area (Å²) in [6, 6.07) is 0.353. The lowest BCUT2D eigenvalue weighted by atomic mass is 9.61. The summed E-state index contributed by atoms with van der Waals surface area (Å²) in [7, 11) is 0. The molecule has 3 aliphatic rings. The van der Waals surface area contributed by atoms with Gasteiger partial charge in [-0.15, -0.1) is 0 Å². The number of nitrogens with one attached hydrogen (secondary N) is 1. The average Bonchev–Trinajstić information content (AvgIpc) is 2.50. The Hall–Kier alpha value is -0.880. The Morgan fingerprint density at radius 3 is 1.89 bits per heavy atom. The van der Waals surface area contributed by atoms with Gasteiger partial charge >= 0.3 is 18.3 Å². The summed E-state index contributed by atoms with van der Waals surface area (Å²) in [5, 5.41) is 10.4. The molecule has 3 rings (SSSR count). The molecule has 0 aromatic carbocycles. The van der Waals surface area contributed by atoms with Crippen molar-refractivity contribution in [2.24, 2.45) is 17.3 Å². The van der Waals surface area contributed by atoms with E-state index in [2.05, 4.69) is 5.32 Å². The van der Waals surface area contributed by atoms with Crippen molar-refractivity contribution in [3.8, 4) is 0 Å². The second-order valence-corrected chi connectivity index (χ2v) is 8.61. The van der Waals surface area contributed by atoms with Gasteiger partial charge in [0.15, 0.2) is 0 Å². The van der Waals surface area contributed by atoms with E-state index in [0.717, 1.165) is 25.9 Å². The molecule has 0 radical (unpaired) electrons. The zero-order valence-corrected chi connectivity index (χ0v) is 15.9. The normalized spacial score (nSPS) is 27.5. The van der Waals surface area contributed by atoms with E-state index < -0.39 is 24.2 Å². The standard InChI is InChI=1S/C14H23F3N2OS.C2HF3O2/c15-14(16,17)11-3-1-10(2-4-11)7-19(21-20)12-5-13(6-12)8-18-9-13;3-2(4,5)1(6)7/h10-12,18,21H,1-9H2;(H,6,7). The molecule has 1 saturated heterocycles. The second kappa shape index (κ2) is 8.86. The summed E-state index contributed by atoms with van der Waals surface area (Å²) in [4.78, 5) is 8.90. The molecule has 164 valence electrons. The molecule has 0 aromatic heterocycles. The molecule has 12 heteroatoms. The van der Waals surface area contributed by atoms with Crippen molar-refractivity contribution in [1.29, 1.82) is 0 Å². The number of alkyl halides is 6. The highest BCUT2D eigenvalue weighted by molar-refractivity contribution is 7.63. The Balaban J connectivity index is 0.000000345. The number of aliphatic carboxylic acids is 1. The van der Waals surface area contributed by atoms with E-state index in [-0.39, 0.29) is 30.6 Å². The summed E-state index contributed by atoms with van der Waals surface area (Å²) in [6.07, 6.45) is -5.29. The van der Waals surface area contributed by atoms with E-state index >= 15 is 0 Å². The monoisotopic (exact) mass is 438 g/mol. The maximum Gasteiger partial charge on any atom is 0.490 e. The summed E-state index contributed by atoms with van der Waals surface area (Å²) in [6.45, 7) is 2.80. The third-order valence-electron chi connectivity index (χ3n) is 5.86. The number of carboxylic acid groups (broad SMARTS) is 1. The van der Waals surface area contributed by atoms with Crippen molar-refractivity contribution in [3.05, 3.63) is 0 Å². The van der Waals surface area contributed by atoms with E-state index in [1.165, 1.54) is 0 Å².